The second-order valence-corrected chi connectivity index (χ2v) is 3.88. The van der Waals surface area contributed by atoms with E-state index in [4.69, 9.17) is 5.11 Å². The number of ether oxygens (including phenoxy) is 1. The predicted molar refractivity (Wildman–Crippen MR) is 64.1 cm³/mol. The molecule has 0 aromatic carbocycles. The van der Waals surface area contributed by atoms with Gasteiger partial charge in [0, 0.05) is 13.6 Å². The Morgan fingerprint density at radius 3 is 2.44 bits per heavy atom. The van der Waals surface area contributed by atoms with Crippen molar-refractivity contribution in [3.05, 3.63) is 0 Å². The van der Waals surface area contributed by atoms with E-state index < -0.39 is 24.0 Å². The molecule has 0 radical (unpaired) electrons. The molecule has 0 aromatic rings. The Kier molecular flexibility index (Phi) is 7.50. The highest BCUT2D eigenvalue weighted by atomic mass is 16.5. The first-order valence-electron chi connectivity index (χ1n) is 5.73. The standard InChI is InChI=1S/C11H20N2O5/c1-4-5-8(10(15)16)12-11(17)13(2)7-6-9(14)18-3/h8H,4-7H2,1-3H3,(H,12,17)(H,15,16)/t8-/m1/s1. The van der Waals surface area contributed by atoms with Crippen molar-refractivity contribution in [1.29, 1.82) is 0 Å². The zero-order chi connectivity index (χ0) is 14.1. The van der Waals surface area contributed by atoms with Crippen LogP contribution in [0.15, 0.2) is 0 Å². The molecule has 0 saturated heterocycles. The number of carbonyl (C=O) groups is 3. The van der Waals surface area contributed by atoms with Crippen LogP contribution in [0.25, 0.3) is 0 Å². The van der Waals surface area contributed by atoms with E-state index in [-0.39, 0.29) is 13.0 Å². The molecule has 0 saturated carbocycles. The average Bonchev–Trinajstić information content (AvgIpc) is 2.34. The first-order chi connectivity index (χ1) is 8.42. The fourth-order valence-electron chi connectivity index (χ4n) is 1.27. The molecule has 0 fully saturated rings. The minimum absolute atomic E-state index is 0.0753. The number of carbonyl (C=O) groups excluding carboxylic acids is 2. The Balaban J connectivity index is 4.20. The summed E-state index contributed by atoms with van der Waals surface area (Å²) >= 11 is 0. The van der Waals surface area contributed by atoms with Crippen LogP contribution in [0, 0.1) is 0 Å². The van der Waals surface area contributed by atoms with Crippen LogP contribution >= 0.6 is 0 Å². The van der Waals surface area contributed by atoms with Gasteiger partial charge in [-0.25, -0.2) is 9.59 Å². The molecule has 0 aliphatic carbocycles. The number of carboxylic acid groups (broad SMARTS) is 1. The highest BCUT2D eigenvalue weighted by molar-refractivity contribution is 5.82. The van der Waals surface area contributed by atoms with Crippen LogP contribution in [-0.2, 0) is 14.3 Å². The summed E-state index contributed by atoms with van der Waals surface area (Å²) in [6, 6.07) is -1.41. The molecule has 18 heavy (non-hydrogen) atoms. The first-order valence-corrected chi connectivity index (χ1v) is 5.73. The van der Waals surface area contributed by atoms with E-state index in [0.717, 1.165) is 0 Å². The second-order valence-electron chi connectivity index (χ2n) is 3.88. The van der Waals surface area contributed by atoms with Crippen molar-refractivity contribution in [2.24, 2.45) is 0 Å². The topological polar surface area (TPSA) is 95.9 Å². The summed E-state index contributed by atoms with van der Waals surface area (Å²) in [7, 11) is 2.76. The van der Waals surface area contributed by atoms with Crippen molar-refractivity contribution in [3.63, 3.8) is 0 Å². The van der Waals surface area contributed by atoms with Gasteiger partial charge in [0.05, 0.1) is 13.5 Å². The van der Waals surface area contributed by atoms with Gasteiger partial charge in [-0.15, -0.1) is 0 Å². The van der Waals surface area contributed by atoms with Crippen molar-refractivity contribution in [1.82, 2.24) is 10.2 Å². The molecule has 0 unspecified atom stereocenters. The van der Waals surface area contributed by atoms with Crippen molar-refractivity contribution in [2.45, 2.75) is 32.2 Å². The van der Waals surface area contributed by atoms with E-state index >= 15 is 0 Å². The number of hydrogen-bond donors (Lipinski definition) is 2. The molecular weight excluding hydrogens is 240 g/mol. The zero-order valence-electron chi connectivity index (χ0n) is 10.9. The smallest absolute Gasteiger partial charge is 0.326 e. The number of urea groups is 1. The Labute approximate surface area is 106 Å². The van der Waals surface area contributed by atoms with Crippen LogP contribution in [0.4, 0.5) is 4.79 Å². The average molecular weight is 260 g/mol. The van der Waals surface area contributed by atoms with Crippen LogP contribution in [-0.4, -0.2) is 54.7 Å². The normalized spacial score (nSPS) is 11.5. The van der Waals surface area contributed by atoms with Gasteiger partial charge in [0.1, 0.15) is 6.04 Å². The van der Waals surface area contributed by atoms with Gasteiger partial charge in [-0.2, -0.15) is 0 Å². The summed E-state index contributed by atoms with van der Waals surface area (Å²) in [5.74, 6) is -1.48. The van der Waals surface area contributed by atoms with Crippen molar-refractivity contribution >= 4 is 18.0 Å². The van der Waals surface area contributed by atoms with Gasteiger partial charge in [-0.1, -0.05) is 13.3 Å². The summed E-state index contributed by atoms with van der Waals surface area (Å²) in [5.41, 5.74) is 0. The van der Waals surface area contributed by atoms with E-state index in [1.165, 1.54) is 19.1 Å². The van der Waals surface area contributed by atoms with Gasteiger partial charge in [0.25, 0.3) is 0 Å². The summed E-state index contributed by atoms with van der Waals surface area (Å²) in [4.78, 5) is 34.6. The Morgan fingerprint density at radius 1 is 1.39 bits per heavy atom. The molecule has 0 rings (SSSR count). The van der Waals surface area contributed by atoms with Gasteiger partial charge in [-0.3, -0.25) is 4.79 Å². The lowest BCUT2D eigenvalue weighted by Crippen LogP contribution is -2.47. The maximum Gasteiger partial charge on any atom is 0.326 e. The van der Waals surface area contributed by atoms with E-state index in [2.05, 4.69) is 10.1 Å². The third-order valence-electron chi connectivity index (χ3n) is 2.40. The lowest BCUT2D eigenvalue weighted by Gasteiger charge is -2.20. The lowest BCUT2D eigenvalue weighted by molar-refractivity contribution is -0.141. The van der Waals surface area contributed by atoms with Crippen LogP contribution in [0.2, 0.25) is 0 Å². The Hall–Kier alpha value is -1.79. The summed E-state index contributed by atoms with van der Waals surface area (Å²) in [6.45, 7) is 2.01. The molecule has 7 heteroatoms. The van der Waals surface area contributed by atoms with Gasteiger partial charge in [0.15, 0.2) is 0 Å². The third-order valence-corrected chi connectivity index (χ3v) is 2.40. The minimum atomic E-state index is -1.06. The molecule has 0 aliphatic rings. The van der Waals surface area contributed by atoms with Gasteiger partial charge >= 0.3 is 18.0 Å². The molecule has 2 N–H and O–H groups in total. The lowest BCUT2D eigenvalue weighted by atomic mass is 10.2. The van der Waals surface area contributed by atoms with Crippen molar-refractivity contribution in [3.8, 4) is 0 Å². The molecule has 0 aromatic heterocycles. The first kappa shape index (κ1) is 16.2. The molecule has 1 atom stereocenters. The number of hydrogen-bond acceptors (Lipinski definition) is 4. The second kappa shape index (κ2) is 8.32. The molecule has 0 spiro atoms. The summed E-state index contributed by atoms with van der Waals surface area (Å²) in [6.07, 6.45) is 1.10. The van der Waals surface area contributed by atoms with Crippen LogP contribution < -0.4 is 5.32 Å². The van der Waals surface area contributed by atoms with Crippen LogP contribution in [0.5, 0.6) is 0 Å². The molecule has 7 nitrogen and oxygen atoms in total. The van der Waals surface area contributed by atoms with Crippen molar-refractivity contribution in [2.75, 3.05) is 20.7 Å². The molecular formula is C11H20N2O5. The van der Waals surface area contributed by atoms with Gasteiger partial charge < -0.3 is 20.1 Å². The number of rotatable bonds is 7. The maximum absolute atomic E-state index is 11.6. The van der Waals surface area contributed by atoms with Gasteiger partial charge in [-0.05, 0) is 6.42 Å². The molecule has 104 valence electrons. The molecule has 0 aliphatic heterocycles. The van der Waals surface area contributed by atoms with Crippen molar-refractivity contribution < 1.29 is 24.2 Å². The quantitative estimate of drug-likeness (QED) is 0.648. The molecule has 2 amide bonds. The number of aliphatic carboxylic acids is 1. The number of carboxylic acids is 1. The number of nitrogens with one attached hydrogen (secondary N) is 1. The van der Waals surface area contributed by atoms with E-state index in [0.29, 0.717) is 12.8 Å². The number of nitrogens with zero attached hydrogens (tertiary/aromatic N) is 1. The molecule has 0 heterocycles. The van der Waals surface area contributed by atoms with Crippen LogP contribution in [0.3, 0.4) is 0 Å². The fourth-order valence-corrected chi connectivity index (χ4v) is 1.27. The number of amides is 2. The van der Waals surface area contributed by atoms with Crippen LogP contribution in [0.1, 0.15) is 26.2 Å². The Bertz CT molecular complexity index is 306. The van der Waals surface area contributed by atoms with E-state index in [9.17, 15) is 14.4 Å². The SMILES string of the molecule is CCC[C@@H](NC(=O)N(C)CCC(=O)OC)C(=O)O. The predicted octanol–water partition coefficient (Wildman–Crippen LogP) is 0.444. The zero-order valence-corrected chi connectivity index (χ0v) is 10.9. The van der Waals surface area contributed by atoms with Gasteiger partial charge in [0.2, 0.25) is 0 Å². The summed E-state index contributed by atoms with van der Waals surface area (Å²) < 4.78 is 4.45. The highest BCUT2D eigenvalue weighted by Crippen LogP contribution is 1.99. The highest BCUT2D eigenvalue weighted by Gasteiger charge is 2.20. The van der Waals surface area contributed by atoms with E-state index in [1.54, 1.807) is 0 Å². The molecule has 0 bridgehead atoms. The minimum Gasteiger partial charge on any atom is -0.480 e. The number of esters is 1. The third kappa shape index (κ3) is 6.07. The maximum atomic E-state index is 11.6. The largest absolute Gasteiger partial charge is 0.480 e. The fraction of sp³-hybridized carbons (Fsp3) is 0.727. The Morgan fingerprint density at radius 2 is 2.00 bits per heavy atom. The van der Waals surface area contributed by atoms with E-state index in [1.807, 2.05) is 6.92 Å². The number of methoxy groups -OCH3 is 1. The summed E-state index contributed by atoms with van der Waals surface area (Å²) in [5, 5.41) is 11.3. The monoisotopic (exact) mass is 260 g/mol.